The zero-order chi connectivity index (χ0) is 11.7. The molecule has 0 unspecified atom stereocenters. The lowest BCUT2D eigenvalue weighted by Crippen LogP contribution is -2.49. The van der Waals surface area contributed by atoms with Gasteiger partial charge in [-0.15, -0.1) is 0 Å². The van der Waals surface area contributed by atoms with Crippen LogP contribution in [-0.4, -0.2) is 40.4 Å². The maximum Gasteiger partial charge on any atom is 0.410 e. The van der Waals surface area contributed by atoms with Crippen LogP contribution < -0.4 is 0 Å². The highest BCUT2D eigenvalue weighted by Crippen LogP contribution is 2.21. The SMILES string of the molecule is CC(C)(C)OC(=O)N1CCC[C@](C)(O)C1. The molecule has 15 heavy (non-hydrogen) atoms. The molecule has 1 amide bonds. The second kappa shape index (κ2) is 4.00. The van der Waals surface area contributed by atoms with Crippen molar-refractivity contribution in [1.29, 1.82) is 0 Å². The van der Waals surface area contributed by atoms with Crippen molar-refractivity contribution in [2.45, 2.75) is 51.7 Å². The zero-order valence-electron chi connectivity index (χ0n) is 10.0. The van der Waals surface area contributed by atoms with Gasteiger partial charge in [0, 0.05) is 6.54 Å². The van der Waals surface area contributed by atoms with Crippen molar-refractivity contribution < 1.29 is 14.6 Å². The van der Waals surface area contributed by atoms with Gasteiger partial charge < -0.3 is 14.7 Å². The molecule has 1 N–H and O–H groups in total. The molecule has 0 aromatic carbocycles. The van der Waals surface area contributed by atoms with E-state index in [9.17, 15) is 9.90 Å². The van der Waals surface area contributed by atoms with Gasteiger partial charge in [-0.05, 0) is 40.5 Å². The van der Waals surface area contributed by atoms with Crippen LogP contribution in [0, 0.1) is 0 Å². The first-order chi connectivity index (χ1) is 6.70. The lowest BCUT2D eigenvalue weighted by molar-refractivity contribution is -0.0327. The molecule has 0 bridgehead atoms. The molecule has 1 heterocycles. The molecular weight excluding hydrogens is 194 g/mol. The minimum Gasteiger partial charge on any atom is -0.444 e. The maximum atomic E-state index is 11.7. The number of piperidine rings is 1. The van der Waals surface area contributed by atoms with E-state index in [1.165, 1.54) is 0 Å². The Labute approximate surface area is 91.2 Å². The first-order valence-electron chi connectivity index (χ1n) is 5.40. The molecule has 1 fully saturated rings. The largest absolute Gasteiger partial charge is 0.444 e. The third-order valence-corrected chi connectivity index (χ3v) is 2.33. The van der Waals surface area contributed by atoms with Crippen LogP contribution in [0.5, 0.6) is 0 Å². The van der Waals surface area contributed by atoms with Crippen molar-refractivity contribution in [2.24, 2.45) is 0 Å². The summed E-state index contributed by atoms with van der Waals surface area (Å²) in [5, 5.41) is 9.84. The Morgan fingerprint density at radius 3 is 2.53 bits per heavy atom. The summed E-state index contributed by atoms with van der Waals surface area (Å²) in [5.74, 6) is 0. The van der Waals surface area contributed by atoms with Gasteiger partial charge >= 0.3 is 6.09 Å². The molecule has 0 radical (unpaired) electrons. The summed E-state index contributed by atoms with van der Waals surface area (Å²) >= 11 is 0. The zero-order valence-corrected chi connectivity index (χ0v) is 10.0. The van der Waals surface area contributed by atoms with Crippen LogP contribution in [0.1, 0.15) is 40.5 Å². The minimum atomic E-state index is -0.769. The summed E-state index contributed by atoms with van der Waals surface area (Å²) < 4.78 is 5.25. The Bertz CT molecular complexity index is 243. The average molecular weight is 215 g/mol. The average Bonchev–Trinajstić information content (AvgIpc) is 1.99. The van der Waals surface area contributed by atoms with Gasteiger partial charge in [0.05, 0.1) is 12.1 Å². The lowest BCUT2D eigenvalue weighted by atomic mass is 9.95. The number of carbonyl (C=O) groups is 1. The number of hydrogen-bond donors (Lipinski definition) is 1. The summed E-state index contributed by atoms with van der Waals surface area (Å²) in [5.41, 5.74) is -1.24. The molecule has 1 aliphatic heterocycles. The second-order valence-corrected chi connectivity index (χ2v) is 5.50. The fourth-order valence-corrected chi connectivity index (χ4v) is 1.70. The summed E-state index contributed by atoms with van der Waals surface area (Å²) in [6, 6.07) is 0. The molecule has 88 valence electrons. The fraction of sp³-hybridized carbons (Fsp3) is 0.909. The summed E-state index contributed by atoms with van der Waals surface area (Å²) in [7, 11) is 0. The van der Waals surface area contributed by atoms with Crippen molar-refractivity contribution in [1.82, 2.24) is 4.90 Å². The Balaban J connectivity index is 2.53. The molecule has 1 atom stereocenters. The molecular formula is C11H21NO3. The molecule has 0 aromatic rings. The van der Waals surface area contributed by atoms with E-state index < -0.39 is 11.2 Å². The van der Waals surface area contributed by atoms with Gasteiger partial charge in [-0.3, -0.25) is 0 Å². The highest BCUT2D eigenvalue weighted by Gasteiger charge is 2.32. The number of β-amino-alcohol motifs (C(OH)–C–C–N with tert-alkyl or cyclic N) is 1. The van der Waals surface area contributed by atoms with E-state index in [1.54, 1.807) is 11.8 Å². The molecule has 0 aliphatic carbocycles. The normalized spacial score (nSPS) is 27.7. The molecule has 0 spiro atoms. The Morgan fingerprint density at radius 2 is 2.07 bits per heavy atom. The van der Waals surface area contributed by atoms with E-state index in [2.05, 4.69) is 0 Å². The van der Waals surface area contributed by atoms with Crippen LogP contribution in [0.3, 0.4) is 0 Å². The molecule has 1 aliphatic rings. The Kier molecular flexibility index (Phi) is 3.28. The Hall–Kier alpha value is -0.770. The molecule has 1 saturated heterocycles. The van der Waals surface area contributed by atoms with Gasteiger partial charge in [-0.1, -0.05) is 0 Å². The number of amides is 1. The van der Waals surface area contributed by atoms with Crippen molar-refractivity contribution >= 4 is 6.09 Å². The number of carbonyl (C=O) groups excluding carboxylic acids is 1. The smallest absolute Gasteiger partial charge is 0.410 e. The highest BCUT2D eigenvalue weighted by molar-refractivity contribution is 5.68. The van der Waals surface area contributed by atoms with Gasteiger partial charge in [-0.25, -0.2) is 4.79 Å². The number of nitrogens with zero attached hydrogens (tertiary/aromatic N) is 1. The van der Waals surface area contributed by atoms with Gasteiger partial charge in [0.15, 0.2) is 0 Å². The van der Waals surface area contributed by atoms with Crippen LogP contribution in [0.2, 0.25) is 0 Å². The lowest BCUT2D eigenvalue weighted by Gasteiger charge is -2.37. The summed E-state index contributed by atoms with van der Waals surface area (Å²) in [6.45, 7) is 8.31. The van der Waals surface area contributed by atoms with E-state index >= 15 is 0 Å². The topological polar surface area (TPSA) is 49.8 Å². The third-order valence-electron chi connectivity index (χ3n) is 2.33. The summed E-state index contributed by atoms with van der Waals surface area (Å²) in [6.07, 6.45) is 1.24. The van der Waals surface area contributed by atoms with E-state index in [1.807, 2.05) is 20.8 Å². The number of aliphatic hydroxyl groups is 1. The maximum absolute atomic E-state index is 11.7. The summed E-state index contributed by atoms with van der Waals surface area (Å²) in [4.78, 5) is 13.3. The molecule has 4 heteroatoms. The van der Waals surface area contributed by atoms with E-state index in [0.29, 0.717) is 13.1 Å². The van der Waals surface area contributed by atoms with E-state index in [0.717, 1.165) is 12.8 Å². The van der Waals surface area contributed by atoms with E-state index in [-0.39, 0.29) is 6.09 Å². The second-order valence-electron chi connectivity index (χ2n) is 5.50. The molecule has 1 rings (SSSR count). The third kappa shape index (κ3) is 4.08. The highest BCUT2D eigenvalue weighted by atomic mass is 16.6. The molecule has 0 aromatic heterocycles. The first-order valence-corrected chi connectivity index (χ1v) is 5.40. The standard InChI is InChI=1S/C11H21NO3/c1-10(2,3)15-9(13)12-7-5-6-11(4,14)8-12/h14H,5-8H2,1-4H3/t11-/m0/s1. The van der Waals surface area contributed by atoms with Gasteiger partial charge in [0.1, 0.15) is 5.60 Å². The Morgan fingerprint density at radius 1 is 1.47 bits per heavy atom. The van der Waals surface area contributed by atoms with Gasteiger partial charge in [0.25, 0.3) is 0 Å². The van der Waals surface area contributed by atoms with Crippen molar-refractivity contribution in [2.75, 3.05) is 13.1 Å². The first kappa shape index (κ1) is 12.3. The monoisotopic (exact) mass is 215 g/mol. The molecule has 4 nitrogen and oxygen atoms in total. The van der Waals surface area contributed by atoms with Crippen molar-refractivity contribution in [3.8, 4) is 0 Å². The number of rotatable bonds is 0. The minimum absolute atomic E-state index is 0.331. The van der Waals surface area contributed by atoms with Crippen molar-refractivity contribution in [3.05, 3.63) is 0 Å². The number of likely N-dealkylation sites (tertiary alicyclic amines) is 1. The van der Waals surface area contributed by atoms with Gasteiger partial charge in [-0.2, -0.15) is 0 Å². The van der Waals surface area contributed by atoms with Crippen LogP contribution in [0.25, 0.3) is 0 Å². The number of ether oxygens (including phenoxy) is 1. The van der Waals surface area contributed by atoms with Crippen molar-refractivity contribution in [3.63, 3.8) is 0 Å². The van der Waals surface area contributed by atoms with Crippen LogP contribution in [-0.2, 0) is 4.74 Å². The van der Waals surface area contributed by atoms with Crippen LogP contribution in [0.4, 0.5) is 4.79 Å². The number of hydrogen-bond acceptors (Lipinski definition) is 3. The predicted octanol–water partition coefficient (Wildman–Crippen LogP) is 1.77. The molecule has 0 saturated carbocycles. The van der Waals surface area contributed by atoms with E-state index in [4.69, 9.17) is 4.74 Å². The van der Waals surface area contributed by atoms with Crippen LogP contribution >= 0.6 is 0 Å². The van der Waals surface area contributed by atoms with Crippen LogP contribution in [0.15, 0.2) is 0 Å². The fourth-order valence-electron chi connectivity index (χ4n) is 1.70. The van der Waals surface area contributed by atoms with Gasteiger partial charge in [0.2, 0.25) is 0 Å². The quantitative estimate of drug-likeness (QED) is 0.670. The predicted molar refractivity (Wildman–Crippen MR) is 57.7 cm³/mol.